The van der Waals surface area contributed by atoms with Crippen LogP contribution in [-0.4, -0.2) is 24.5 Å². The highest BCUT2D eigenvalue weighted by Gasteiger charge is 2.37. The average Bonchev–Trinajstić information content (AvgIpc) is 2.84. The number of anilines is 1. The Balaban J connectivity index is 1.67. The molecule has 0 atom stereocenters. The van der Waals surface area contributed by atoms with Crippen LogP contribution in [0.25, 0.3) is 6.08 Å². The Bertz CT molecular complexity index is 1420. The molecule has 3 aromatic rings. The quantitative estimate of drug-likeness (QED) is 0.260. The number of halogens is 3. The maximum absolute atomic E-state index is 13.3. The van der Waals surface area contributed by atoms with Crippen LogP contribution in [0.3, 0.4) is 0 Å². The van der Waals surface area contributed by atoms with Crippen molar-refractivity contribution in [2.45, 2.75) is 20.5 Å². The van der Waals surface area contributed by atoms with E-state index in [0.717, 1.165) is 10.5 Å². The van der Waals surface area contributed by atoms with Crippen molar-refractivity contribution >= 4 is 64.4 Å². The lowest BCUT2D eigenvalue weighted by Crippen LogP contribution is -2.54. The fraction of sp³-hybridized carbons (Fsp3) is 0.148. The van der Waals surface area contributed by atoms with Gasteiger partial charge in [0, 0.05) is 10.0 Å². The standard InChI is InChI=1S/C27H21Cl3N2O5/c1-3-36-23-12-17(11-21(30)24(23)37-14-16-5-8-18(28)9-6-16)10-20-25(33)31-27(35)32(26(20)34)22-13-19(29)7-4-15(22)2/h4-13H,3,14H2,1-2H3,(H,31,33,35)/b20-10+. The summed E-state index contributed by atoms with van der Waals surface area (Å²) in [5.41, 5.74) is 1.92. The number of aryl methyl sites for hydroxylation is 1. The van der Waals surface area contributed by atoms with E-state index >= 15 is 0 Å². The molecule has 0 bridgehead atoms. The van der Waals surface area contributed by atoms with Gasteiger partial charge in [0.25, 0.3) is 11.8 Å². The molecule has 1 aliphatic rings. The van der Waals surface area contributed by atoms with E-state index in [0.29, 0.717) is 39.3 Å². The molecule has 1 saturated heterocycles. The number of rotatable bonds is 7. The van der Waals surface area contributed by atoms with Gasteiger partial charge >= 0.3 is 6.03 Å². The minimum Gasteiger partial charge on any atom is -0.490 e. The van der Waals surface area contributed by atoms with Crippen molar-refractivity contribution in [2.24, 2.45) is 0 Å². The molecule has 0 saturated carbocycles. The summed E-state index contributed by atoms with van der Waals surface area (Å²) in [6.07, 6.45) is 1.34. The molecule has 10 heteroatoms. The van der Waals surface area contributed by atoms with Crippen molar-refractivity contribution < 1.29 is 23.9 Å². The highest BCUT2D eigenvalue weighted by atomic mass is 35.5. The topological polar surface area (TPSA) is 84.9 Å². The number of barbiturate groups is 1. The molecule has 0 aliphatic carbocycles. The Morgan fingerprint density at radius 3 is 2.32 bits per heavy atom. The Hall–Kier alpha value is -3.52. The van der Waals surface area contributed by atoms with E-state index in [-0.39, 0.29) is 22.9 Å². The lowest BCUT2D eigenvalue weighted by Gasteiger charge is -2.27. The van der Waals surface area contributed by atoms with Crippen molar-refractivity contribution in [3.05, 3.63) is 91.9 Å². The molecule has 4 amide bonds. The third-order valence-electron chi connectivity index (χ3n) is 5.45. The molecule has 1 aliphatic heterocycles. The first-order valence-electron chi connectivity index (χ1n) is 11.2. The lowest BCUT2D eigenvalue weighted by atomic mass is 10.1. The highest BCUT2D eigenvalue weighted by molar-refractivity contribution is 6.40. The minimum absolute atomic E-state index is 0.217. The van der Waals surface area contributed by atoms with Crippen molar-refractivity contribution in [1.29, 1.82) is 0 Å². The number of carbonyl (C=O) groups excluding carboxylic acids is 3. The van der Waals surface area contributed by atoms with Crippen molar-refractivity contribution in [3.8, 4) is 11.5 Å². The number of nitrogens with one attached hydrogen (secondary N) is 1. The summed E-state index contributed by atoms with van der Waals surface area (Å²) in [4.78, 5) is 39.4. The number of hydrogen-bond acceptors (Lipinski definition) is 5. The predicted molar refractivity (Wildman–Crippen MR) is 144 cm³/mol. The van der Waals surface area contributed by atoms with Crippen LogP contribution in [0.2, 0.25) is 15.1 Å². The first-order chi connectivity index (χ1) is 17.7. The smallest absolute Gasteiger partial charge is 0.335 e. The molecule has 37 heavy (non-hydrogen) atoms. The second kappa shape index (κ2) is 11.3. The van der Waals surface area contributed by atoms with Gasteiger partial charge in [0.15, 0.2) is 11.5 Å². The third-order valence-corrected chi connectivity index (χ3v) is 6.22. The molecule has 1 N–H and O–H groups in total. The molecule has 7 nitrogen and oxygen atoms in total. The van der Waals surface area contributed by atoms with E-state index in [1.165, 1.54) is 12.1 Å². The van der Waals surface area contributed by atoms with Crippen molar-refractivity contribution in [2.75, 3.05) is 11.5 Å². The molecular formula is C27H21Cl3N2O5. The zero-order chi connectivity index (χ0) is 26.7. The number of benzene rings is 3. The molecule has 1 fully saturated rings. The second-order valence-corrected chi connectivity index (χ2v) is 9.35. The second-order valence-electron chi connectivity index (χ2n) is 8.07. The van der Waals surface area contributed by atoms with Gasteiger partial charge in [0.05, 0.1) is 17.3 Å². The van der Waals surface area contributed by atoms with Gasteiger partial charge in [-0.05, 0) is 73.0 Å². The van der Waals surface area contributed by atoms with Crippen LogP contribution < -0.4 is 19.7 Å². The lowest BCUT2D eigenvalue weighted by molar-refractivity contribution is -0.122. The van der Waals surface area contributed by atoms with Crippen molar-refractivity contribution in [3.63, 3.8) is 0 Å². The molecule has 0 unspecified atom stereocenters. The fourth-order valence-electron chi connectivity index (χ4n) is 3.68. The first kappa shape index (κ1) is 26.5. The predicted octanol–water partition coefficient (Wildman–Crippen LogP) is 6.60. The Morgan fingerprint density at radius 1 is 0.919 bits per heavy atom. The molecule has 0 aromatic heterocycles. The van der Waals surface area contributed by atoms with E-state index in [9.17, 15) is 14.4 Å². The van der Waals surface area contributed by atoms with Crippen LogP contribution in [0, 0.1) is 6.92 Å². The average molecular weight is 560 g/mol. The molecule has 1 heterocycles. The third kappa shape index (κ3) is 5.91. The van der Waals surface area contributed by atoms with Crippen LogP contribution in [0.1, 0.15) is 23.6 Å². The fourth-order valence-corrected chi connectivity index (χ4v) is 4.24. The number of ether oxygens (including phenoxy) is 2. The maximum Gasteiger partial charge on any atom is 0.335 e. The summed E-state index contributed by atoms with van der Waals surface area (Å²) in [7, 11) is 0. The maximum atomic E-state index is 13.3. The molecule has 3 aromatic carbocycles. The molecule has 0 spiro atoms. The van der Waals surface area contributed by atoms with Gasteiger partial charge in [0.2, 0.25) is 0 Å². The van der Waals surface area contributed by atoms with Crippen LogP contribution in [0.4, 0.5) is 10.5 Å². The highest BCUT2D eigenvalue weighted by Crippen LogP contribution is 2.38. The number of imide groups is 2. The Morgan fingerprint density at radius 2 is 1.62 bits per heavy atom. The Kier molecular flexibility index (Phi) is 8.07. The van der Waals surface area contributed by atoms with Crippen LogP contribution >= 0.6 is 34.8 Å². The van der Waals surface area contributed by atoms with E-state index < -0.39 is 17.8 Å². The van der Waals surface area contributed by atoms with Crippen LogP contribution in [-0.2, 0) is 16.2 Å². The van der Waals surface area contributed by atoms with Gasteiger partial charge in [-0.1, -0.05) is 53.0 Å². The van der Waals surface area contributed by atoms with Gasteiger partial charge in [-0.2, -0.15) is 0 Å². The number of nitrogens with zero attached hydrogens (tertiary/aromatic N) is 1. The van der Waals surface area contributed by atoms with E-state index in [2.05, 4.69) is 5.32 Å². The normalized spacial score (nSPS) is 14.7. The van der Waals surface area contributed by atoms with Crippen LogP contribution in [0.5, 0.6) is 11.5 Å². The summed E-state index contributed by atoms with van der Waals surface area (Å²) < 4.78 is 11.6. The van der Waals surface area contributed by atoms with E-state index in [4.69, 9.17) is 44.3 Å². The molecular weight excluding hydrogens is 539 g/mol. The summed E-state index contributed by atoms with van der Waals surface area (Å²) in [6.45, 7) is 4.07. The zero-order valence-electron chi connectivity index (χ0n) is 19.8. The Labute approximate surface area is 228 Å². The molecule has 4 rings (SSSR count). The van der Waals surface area contributed by atoms with Crippen molar-refractivity contribution in [1.82, 2.24) is 5.32 Å². The largest absolute Gasteiger partial charge is 0.490 e. The monoisotopic (exact) mass is 558 g/mol. The van der Waals surface area contributed by atoms with Gasteiger partial charge < -0.3 is 9.47 Å². The number of hydrogen-bond donors (Lipinski definition) is 1. The summed E-state index contributed by atoms with van der Waals surface area (Å²) >= 11 is 18.5. The molecule has 190 valence electrons. The summed E-state index contributed by atoms with van der Waals surface area (Å²) in [6, 6.07) is 14.3. The van der Waals surface area contributed by atoms with Gasteiger partial charge in [0.1, 0.15) is 12.2 Å². The zero-order valence-corrected chi connectivity index (χ0v) is 22.1. The van der Waals surface area contributed by atoms with Gasteiger partial charge in [-0.25, -0.2) is 9.69 Å². The van der Waals surface area contributed by atoms with Gasteiger partial charge in [-0.3, -0.25) is 14.9 Å². The van der Waals surface area contributed by atoms with E-state index in [1.54, 1.807) is 50.2 Å². The van der Waals surface area contributed by atoms with E-state index in [1.807, 2.05) is 12.1 Å². The van der Waals surface area contributed by atoms with Crippen LogP contribution in [0.15, 0.2) is 60.2 Å². The number of urea groups is 1. The number of carbonyl (C=O) groups is 3. The minimum atomic E-state index is -0.864. The summed E-state index contributed by atoms with van der Waals surface area (Å²) in [5, 5.41) is 3.37. The first-order valence-corrected chi connectivity index (χ1v) is 12.3. The SMILES string of the molecule is CCOc1cc(/C=C2\C(=O)NC(=O)N(c3cc(Cl)ccc3C)C2=O)cc(Cl)c1OCc1ccc(Cl)cc1. The molecule has 0 radical (unpaired) electrons. The van der Waals surface area contributed by atoms with Gasteiger partial charge in [-0.15, -0.1) is 0 Å². The number of amides is 4. The summed E-state index contributed by atoms with van der Waals surface area (Å²) in [5.74, 6) is -0.983.